The molecule has 2 amide bonds. The summed E-state index contributed by atoms with van der Waals surface area (Å²) >= 11 is 0. The fourth-order valence-corrected chi connectivity index (χ4v) is 3.27. The third-order valence-corrected chi connectivity index (χ3v) is 4.74. The van der Waals surface area contributed by atoms with Gasteiger partial charge < -0.3 is 14.9 Å². The second-order valence-electron chi connectivity index (χ2n) is 6.59. The molecule has 0 saturated carbocycles. The van der Waals surface area contributed by atoms with Crippen LogP contribution in [0, 0.1) is 5.92 Å². The molecule has 0 bridgehead atoms. The first kappa shape index (κ1) is 17.8. The van der Waals surface area contributed by atoms with E-state index in [0.717, 1.165) is 10.8 Å². The van der Waals surface area contributed by atoms with Gasteiger partial charge in [-0.15, -0.1) is 0 Å². The van der Waals surface area contributed by atoms with Crippen LogP contribution in [0.4, 0.5) is 0 Å². The molecule has 7 heteroatoms. The van der Waals surface area contributed by atoms with Crippen LogP contribution in [0.1, 0.15) is 23.2 Å². The number of carbonyl (C=O) groups excluding carboxylic acids is 2. The van der Waals surface area contributed by atoms with Crippen molar-refractivity contribution < 1.29 is 19.5 Å². The van der Waals surface area contributed by atoms with Crippen molar-refractivity contribution in [2.24, 2.45) is 5.92 Å². The first-order valence-corrected chi connectivity index (χ1v) is 8.56. The van der Waals surface area contributed by atoms with E-state index in [1.807, 2.05) is 24.3 Å². The van der Waals surface area contributed by atoms with E-state index in [1.165, 1.54) is 16.0 Å². The minimum absolute atomic E-state index is 0.0889. The predicted molar refractivity (Wildman–Crippen MR) is 95.6 cm³/mol. The lowest BCUT2D eigenvalue weighted by Crippen LogP contribution is -2.46. The lowest BCUT2D eigenvalue weighted by molar-refractivity contribution is -0.145. The van der Waals surface area contributed by atoms with Crippen molar-refractivity contribution in [2.75, 3.05) is 26.7 Å². The average molecular weight is 355 g/mol. The zero-order valence-corrected chi connectivity index (χ0v) is 14.6. The molecule has 1 aromatic heterocycles. The Morgan fingerprint density at radius 3 is 2.81 bits per heavy atom. The van der Waals surface area contributed by atoms with Gasteiger partial charge in [0.2, 0.25) is 5.91 Å². The van der Waals surface area contributed by atoms with Crippen molar-refractivity contribution in [3.63, 3.8) is 0 Å². The van der Waals surface area contributed by atoms with Gasteiger partial charge in [0.05, 0.1) is 18.0 Å². The topological polar surface area (TPSA) is 90.8 Å². The standard InChI is InChI=1S/C19H21N3O4/c1-21(12-17(23)22-8-4-6-14(11-22)19(25)26)18(24)16-10-20-9-13-5-2-3-7-15(13)16/h2-3,5,7,9-10,14H,4,6,8,11-12H2,1H3,(H,25,26). The maximum absolute atomic E-state index is 12.8. The van der Waals surface area contributed by atoms with Crippen molar-refractivity contribution in [3.8, 4) is 0 Å². The van der Waals surface area contributed by atoms with E-state index >= 15 is 0 Å². The molecular formula is C19H21N3O4. The summed E-state index contributed by atoms with van der Waals surface area (Å²) < 4.78 is 0. The molecule has 1 fully saturated rings. The van der Waals surface area contributed by atoms with Crippen molar-refractivity contribution in [3.05, 3.63) is 42.2 Å². The second-order valence-corrected chi connectivity index (χ2v) is 6.59. The molecule has 7 nitrogen and oxygen atoms in total. The Labute approximate surface area is 151 Å². The Hall–Kier alpha value is -2.96. The van der Waals surface area contributed by atoms with Gasteiger partial charge in [-0.1, -0.05) is 24.3 Å². The highest BCUT2D eigenvalue weighted by Gasteiger charge is 2.29. The van der Waals surface area contributed by atoms with Crippen LogP contribution in [0.3, 0.4) is 0 Å². The summed E-state index contributed by atoms with van der Waals surface area (Å²) in [5.74, 6) is -1.93. The zero-order valence-electron chi connectivity index (χ0n) is 14.6. The van der Waals surface area contributed by atoms with Gasteiger partial charge in [-0.2, -0.15) is 0 Å². The summed E-state index contributed by atoms with van der Waals surface area (Å²) in [6.07, 6.45) is 4.44. The van der Waals surface area contributed by atoms with Crippen molar-refractivity contribution in [2.45, 2.75) is 12.8 Å². The molecule has 0 aliphatic carbocycles. The minimum atomic E-state index is -0.881. The maximum Gasteiger partial charge on any atom is 0.308 e. The Balaban J connectivity index is 1.71. The molecule has 3 rings (SSSR count). The number of hydrogen-bond acceptors (Lipinski definition) is 4. The van der Waals surface area contributed by atoms with Crippen molar-refractivity contribution in [1.29, 1.82) is 0 Å². The number of carboxylic acid groups (broad SMARTS) is 1. The molecule has 136 valence electrons. The molecule has 0 radical (unpaired) electrons. The van der Waals surface area contributed by atoms with E-state index in [9.17, 15) is 14.4 Å². The molecule has 26 heavy (non-hydrogen) atoms. The molecule has 1 saturated heterocycles. The van der Waals surface area contributed by atoms with Crippen LogP contribution in [0.15, 0.2) is 36.7 Å². The van der Waals surface area contributed by atoms with Gasteiger partial charge in [-0.05, 0) is 18.2 Å². The summed E-state index contributed by atoms with van der Waals surface area (Å²) in [6.45, 7) is 0.640. The summed E-state index contributed by atoms with van der Waals surface area (Å²) in [5.41, 5.74) is 0.445. The number of rotatable bonds is 4. The number of piperidine rings is 1. The van der Waals surface area contributed by atoms with Gasteiger partial charge in [0, 0.05) is 37.9 Å². The van der Waals surface area contributed by atoms with E-state index in [1.54, 1.807) is 13.2 Å². The molecule has 2 aromatic rings. The highest BCUT2D eigenvalue weighted by Crippen LogP contribution is 2.19. The number of hydrogen-bond donors (Lipinski definition) is 1. The van der Waals surface area contributed by atoms with Gasteiger partial charge in [-0.3, -0.25) is 19.4 Å². The van der Waals surface area contributed by atoms with E-state index in [0.29, 0.717) is 24.9 Å². The van der Waals surface area contributed by atoms with Gasteiger partial charge in [0.1, 0.15) is 0 Å². The van der Waals surface area contributed by atoms with Crippen LogP contribution in [0.5, 0.6) is 0 Å². The molecule has 1 unspecified atom stereocenters. The normalized spacial score (nSPS) is 17.1. The minimum Gasteiger partial charge on any atom is -0.481 e. The monoisotopic (exact) mass is 355 g/mol. The molecule has 1 aliphatic rings. The quantitative estimate of drug-likeness (QED) is 0.900. The first-order chi connectivity index (χ1) is 12.5. The third kappa shape index (κ3) is 3.66. The molecular weight excluding hydrogens is 334 g/mol. The van der Waals surface area contributed by atoms with Crippen LogP contribution in [-0.2, 0) is 9.59 Å². The number of aliphatic carboxylic acids is 1. The van der Waals surface area contributed by atoms with Gasteiger partial charge in [0.25, 0.3) is 5.91 Å². The van der Waals surface area contributed by atoms with Crippen LogP contribution in [-0.4, -0.2) is 64.4 Å². The van der Waals surface area contributed by atoms with E-state index in [4.69, 9.17) is 5.11 Å². The third-order valence-electron chi connectivity index (χ3n) is 4.74. The number of carboxylic acids is 1. The lowest BCUT2D eigenvalue weighted by Gasteiger charge is -2.32. The Morgan fingerprint density at radius 1 is 1.27 bits per heavy atom. The van der Waals surface area contributed by atoms with E-state index < -0.39 is 11.9 Å². The van der Waals surface area contributed by atoms with Crippen LogP contribution in [0.25, 0.3) is 10.8 Å². The molecule has 2 heterocycles. The first-order valence-electron chi connectivity index (χ1n) is 8.56. The maximum atomic E-state index is 12.8. The zero-order chi connectivity index (χ0) is 18.7. The number of fused-ring (bicyclic) bond motifs is 1. The smallest absolute Gasteiger partial charge is 0.308 e. The predicted octanol–water partition coefficient (Wildman–Crippen LogP) is 1.63. The number of carbonyl (C=O) groups is 3. The molecule has 1 atom stereocenters. The van der Waals surface area contributed by atoms with Gasteiger partial charge in [-0.25, -0.2) is 0 Å². The van der Waals surface area contributed by atoms with Crippen LogP contribution < -0.4 is 0 Å². The number of likely N-dealkylation sites (N-methyl/N-ethyl adjacent to an activating group) is 1. The number of amides is 2. The highest BCUT2D eigenvalue weighted by molar-refractivity contribution is 6.07. The summed E-state index contributed by atoms with van der Waals surface area (Å²) in [7, 11) is 1.57. The number of likely N-dealkylation sites (tertiary alicyclic amines) is 1. The Bertz CT molecular complexity index is 846. The Kier molecular flexibility index (Phi) is 5.16. The molecule has 1 aliphatic heterocycles. The van der Waals surface area contributed by atoms with Gasteiger partial charge >= 0.3 is 5.97 Å². The van der Waals surface area contributed by atoms with E-state index in [-0.39, 0.29) is 24.9 Å². The lowest BCUT2D eigenvalue weighted by atomic mass is 9.98. The molecule has 0 spiro atoms. The number of aromatic nitrogens is 1. The number of nitrogens with zero attached hydrogens (tertiary/aromatic N) is 3. The van der Waals surface area contributed by atoms with E-state index in [2.05, 4.69) is 4.98 Å². The van der Waals surface area contributed by atoms with Gasteiger partial charge in [0.15, 0.2) is 0 Å². The SMILES string of the molecule is CN(CC(=O)N1CCCC(C(=O)O)C1)C(=O)c1cncc2ccccc12. The van der Waals surface area contributed by atoms with Crippen molar-refractivity contribution >= 4 is 28.6 Å². The highest BCUT2D eigenvalue weighted by atomic mass is 16.4. The Morgan fingerprint density at radius 2 is 2.04 bits per heavy atom. The van der Waals surface area contributed by atoms with Crippen LogP contribution in [0.2, 0.25) is 0 Å². The summed E-state index contributed by atoms with van der Waals surface area (Å²) in [4.78, 5) is 43.4. The number of pyridine rings is 1. The molecule has 1 aromatic carbocycles. The fraction of sp³-hybridized carbons (Fsp3) is 0.368. The fourth-order valence-electron chi connectivity index (χ4n) is 3.27. The molecule has 1 N–H and O–H groups in total. The average Bonchev–Trinajstić information content (AvgIpc) is 2.67. The van der Waals surface area contributed by atoms with Crippen LogP contribution >= 0.6 is 0 Å². The summed E-state index contributed by atoms with van der Waals surface area (Å²) in [6, 6.07) is 7.46. The second kappa shape index (κ2) is 7.51. The number of benzene rings is 1. The largest absolute Gasteiger partial charge is 0.481 e. The van der Waals surface area contributed by atoms with Crippen molar-refractivity contribution in [1.82, 2.24) is 14.8 Å². The summed E-state index contributed by atoms with van der Waals surface area (Å²) in [5, 5.41) is 10.8.